The summed E-state index contributed by atoms with van der Waals surface area (Å²) in [7, 11) is -3.60. The van der Waals surface area contributed by atoms with E-state index in [-0.39, 0.29) is 18.5 Å². The van der Waals surface area contributed by atoms with Crippen LogP contribution in [-0.4, -0.2) is 48.6 Å². The van der Waals surface area contributed by atoms with Gasteiger partial charge in [-0.25, -0.2) is 0 Å². The summed E-state index contributed by atoms with van der Waals surface area (Å²) in [5, 5.41) is 2.82. The van der Waals surface area contributed by atoms with Crippen LogP contribution in [0.5, 0.6) is 0 Å². The van der Waals surface area contributed by atoms with Crippen LogP contribution in [0, 0.1) is 6.92 Å². The molecule has 24 heavy (non-hydrogen) atoms. The lowest BCUT2D eigenvalue weighted by molar-refractivity contribution is -0.122. The van der Waals surface area contributed by atoms with Crippen molar-refractivity contribution in [2.24, 2.45) is 0 Å². The van der Waals surface area contributed by atoms with E-state index >= 15 is 0 Å². The second-order valence-electron chi connectivity index (χ2n) is 6.39. The fourth-order valence-electron chi connectivity index (χ4n) is 2.62. The zero-order chi connectivity index (χ0) is 17.7. The number of carbonyl (C=O) groups excluding carboxylic acids is 1. The molecule has 1 aromatic rings. The highest BCUT2D eigenvalue weighted by atomic mass is 32.2. The van der Waals surface area contributed by atoms with Crippen molar-refractivity contribution in [3.8, 4) is 0 Å². The zero-order valence-corrected chi connectivity index (χ0v) is 15.5. The Balaban J connectivity index is 2.04. The van der Waals surface area contributed by atoms with E-state index in [0.29, 0.717) is 19.6 Å². The minimum atomic E-state index is -3.60. The summed E-state index contributed by atoms with van der Waals surface area (Å²) in [6, 6.07) is 7.89. The van der Waals surface area contributed by atoms with E-state index in [2.05, 4.69) is 5.32 Å². The van der Waals surface area contributed by atoms with E-state index in [1.54, 1.807) is 0 Å². The van der Waals surface area contributed by atoms with Crippen molar-refractivity contribution in [2.75, 3.05) is 19.6 Å². The van der Waals surface area contributed by atoms with E-state index in [4.69, 9.17) is 0 Å². The quantitative estimate of drug-likeness (QED) is 0.846. The van der Waals surface area contributed by atoms with Gasteiger partial charge in [0.05, 0.1) is 6.54 Å². The molecule has 0 radical (unpaired) electrons. The lowest BCUT2D eigenvalue weighted by Crippen LogP contribution is -2.52. The van der Waals surface area contributed by atoms with Gasteiger partial charge in [-0.2, -0.15) is 17.0 Å². The Morgan fingerprint density at radius 2 is 1.83 bits per heavy atom. The summed E-state index contributed by atoms with van der Waals surface area (Å²) in [4.78, 5) is 12.0. The molecule has 1 N–H and O–H groups in total. The van der Waals surface area contributed by atoms with E-state index in [1.165, 1.54) is 8.61 Å². The molecule has 1 fully saturated rings. The molecule has 0 unspecified atom stereocenters. The molecule has 0 bridgehead atoms. The fraction of sp³-hybridized carbons (Fsp3) is 0.588. The predicted octanol–water partition coefficient (Wildman–Crippen LogP) is 1.66. The highest BCUT2D eigenvalue weighted by Gasteiger charge is 2.34. The molecule has 0 spiro atoms. The van der Waals surface area contributed by atoms with Crippen molar-refractivity contribution in [1.82, 2.24) is 13.9 Å². The van der Waals surface area contributed by atoms with Crippen LogP contribution < -0.4 is 5.32 Å². The lowest BCUT2D eigenvalue weighted by atomic mass is 10.1. The minimum Gasteiger partial charge on any atom is -0.353 e. The van der Waals surface area contributed by atoms with Crippen LogP contribution in [0.15, 0.2) is 24.3 Å². The first-order valence-electron chi connectivity index (χ1n) is 8.43. The molecule has 7 heteroatoms. The Kier molecular flexibility index (Phi) is 6.37. The average molecular weight is 353 g/mol. The molecule has 1 amide bonds. The first kappa shape index (κ1) is 18.9. The van der Waals surface area contributed by atoms with E-state index < -0.39 is 10.2 Å². The molecule has 0 saturated carbocycles. The van der Waals surface area contributed by atoms with Crippen LogP contribution >= 0.6 is 0 Å². The summed E-state index contributed by atoms with van der Waals surface area (Å²) in [6.07, 6.45) is 1.54. The third-order valence-corrected chi connectivity index (χ3v) is 6.22. The molecular formula is C17H27N3O3S. The van der Waals surface area contributed by atoms with E-state index in [1.807, 2.05) is 45.0 Å². The van der Waals surface area contributed by atoms with Gasteiger partial charge in [-0.15, -0.1) is 0 Å². The Morgan fingerprint density at radius 3 is 2.46 bits per heavy atom. The summed E-state index contributed by atoms with van der Waals surface area (Å²) in [6.45, 7) is 6.99. The van der Waals surface area contributed by atoms with Crippen molar-refractivity contribution in [3.63, 3.8) is 0 Å². The van der Waals surface area contributed by atoms with Crippen LogP contribution in [0.3, 0.4) is 0 Å². The molecule has 0 aromatic heterocycles. The second kappa shape index (κ2) is 8.09. The Bertz CT molecular complexity index is 658. The molecule has 1 heterocycles. The molecule has 1 saturated heterocycles. The predicted molar refractivity (Wildman–Crippen MR) is 94.6 cm³/mol. The summed E-state index contributed by atoms with van der Waals surface area (Å²) >= 11 is 0. The molecule has 6 nitrogen and oxygen atoms in total. The number of rotatable bonds is 6. The van der Waals surface area contributed by atoms with Crippen molar-refractivity contribution in [3.05, 3.63) is 35.4 Å². The first-order valence-corrected chi connectivity index (χ1v) is 9.82. The molecule has 2 rings (SSSR count). The van der Waals surface area contributed by atoms with Crippen molar-refractivity contribution in [1.29, 1.82) is 0 Å². The van der Waals surface area contributed by atoms with Crippen molar-refractivity contribution >= 4 is 16.1 Å². The van der Waals surface area contributed by atoms with Crippen molar-refractivity contribution < 1.29 is 13.2 Å². The zero-order valence-electron chi connectivity index (χ0n) is 14.7. The molecule has 1 aromatic carbocycles. The highest BCUT2D eigenvalue weighted by molar-refractivity contribution is 7.86. The normalized spacial score (nSPS) is 19.8. The van der Waals surface area contributed by atoms with Crippen LogP contribution in [-0.2, 0) is 21.5 Å². The lowest BCUT2D eigenvalue weighted by Gasteiger charge is -2.34. The topological polar surface area (TPSA) is 69.7 Å². The van der Waals surface area contributed by atoms with Crippen LogP contribution in [0.4, 0.5) is 0 Å². The van der Waals surface area contributed by atoms with Gasteiger partial charge < -0.3 is 5.32 Å². The molecule has 134 valence electrons. The molecular weight excluding hydrogens is 326 g/mol. The maximum absolute atomic E-state index is 12.7. The number of nitrogens with one attached hydrogen (secondary N) is 1. The van der Waals surface area contributed by atoms with Gasteiger partial charge in [-0.3, -0.25) is 4.79 Å². The number of carbonyl (C=O) groups is 1. The SMILES string of the molecule is CC[C@@H](C)NC(=O)CN1CCCN(Cc2ccc(C)cc2)S1(=O)=O. The molecule has 1 aliphatic rings. The molecule has 1 aliphatic heterocycles. The smallest absolute Gasteiger partial charge is 0.282 e. The number of nitrogens with zero attached hydrogens (tertiary/aromatic N) is 2. The summed E-state index contributed by atoms with van der Waals surface area (Å²) in [5.41, 5.74) is 2.10. The Morgan fingerprint density at radius 1 is 1.21 bits per heavy atom. The van der Waals surface area contributed by atoms with E-state index in [9.17, 15) is 13.2 Å². The Labute approximate surface area is 145 Å². The van der Waals surface area contributed by atoms with Gasteiger partial charge in [0.1, 0.15) is 0 Å². The number of benzene rings is 1. The average Bonchev–Trinajstić information content (AvgIpc) is 2.53. The maximum Gasteiger partial charge on any atom is 0.282 e. The van der Waals surface area contributed by atoms with Crippen LogP contribution in [0.1, 0.15) is 37.8 Å². The summed E-state index contributed by atoms with van der Waals surface area (Å²) < 4.78 is 28.2. The maximum atomic E-state index is 12.7. The highest BCUT2D eigenvalue weighted by Crippen LogP contribution is 2.19. The number of amides is 1. The third kappa shape index (κ3) is 4.78. The second-order valence-corrected chi connectivity index (χ2v) is 8.32. The minimum absolute atomic E-state index is 0.0497. The third-order valence-electron chi connectivity index (χ3n) is 4.29. The number of hydrogen-bond donors (Lipinski definition) is 1. The van der Waals surface area contributed by atoms with Gasteiger partial charge in [0.2, 0.25) is 5.91 Å². The standard InChI is InChI=1S/C17H27N3O3S/c1-4-15(3)18-17(21)13-20-11-5-10-19(24(20,22)23)12-16-8-6-14(2)7-9-16/h6-9,15H,4-5,10-13H2,1-3H3,(H,18,21)/t15-/m1/s1. The van der Waals surface area contributed by atoms with Gasteiger partial charge >= 0.3 is 0 Å². The molecule has 0 aliphatic carbocycles. The Hall–Kier alpha value is -1.44. The number of aryl methyl sites for hydroxylation is 1. The summed E-state index contributed by atoms with van der Waals surface area (Å²) in [5.74, 6) is -0.245. The largest absolute Gasteiger partial charge is 0.353 e. The van der Waals surface area contributed by atoms with Crippen LogP contribution in [0.25, 0.3) is 0 Å². The monoisotopic (exact) mass is 353 g/mol. The van der Waals surface area contributed by atoms with E-state index in [0.717, 1.165) is 24.0 Å². The van der Waals surface area contributed by atoms with Crippen molar-refractivity contribution in [2.45, 2.75) is 46.2 Å². The van der Waals surface area contributed by atoms with Crippen LogP contribution in [0.2, 0.25) is 0 Å². The van der Waals surface area contributed by atoms with Gasteiger partial charge in [0, 0.05) is 25.7 Å². The van der Waals surface area contributed by atoms with Gasteiger partial charge in [-0.1, -0.05) is 36.8 Å². The fourth-order valence-corrected chi connectivity index (χ4v) is 4.26. The number of hydrogen-bond acceptors (Lipinski definition) is 3. The van der Waals surface area contributed by atoms with Gasteiger partial charge in [0.25, 0.3) is 10.2 Å². The first-order chi connectivity index (χ1) is 11.3. The molecule has 1 atom stereocenters. The van der Waals surface area contributed by atoms with Gasteiger partial charge in [0.15, 0.2) is 0 Å². The van der Waals surface area contributed by atoms with Gasteiger partial charge in [-0.05, 0) is 32.3 Å².